The van der Waals surface area contributed by atoms with Crippen LogP contribution in [0.25, 0.3) is 0 Å². The molecule has 0 fully saturated rings. The van der Waals surface area contributed by atoms with E-state index in [9.17, 15) is 4.79 Å². The van der Waals surface area contributed by atoms with E-state index in [-0.39, 0.29) is 5.78 Å². The molecular formula is C17H14ClNO. The molecule has 3 heteroatoms. The van der Waals surface area contributed by atoms with E-state index >= 15 is 0 Å². The molecule has 0 amide bonds. The Morgan fingerprint density at radius 2 is 1.85 bits per heavy atom. The lowest BCUT2D eigenvalue weighted by molar-refractivity contribution is -0.118. The summed E-state index contributed by atoms with van der Waals surface area (Å²) in [5, 5.41) is 9.53. The van der Waals surface area contributed by atoms with Crippen molar-refractivity contribution in [3.8, 4) is 6.07 Å². The van der Waals surface area contributed by atoms with E-state index in [1.165, 1.54) is 0 Å². The van der Waals surface area contributed by atoms with Crippen molar-refractivity contribution in [3.63, 3.8) is 0 Å². The summed E-state index contributed by atoms with van der Waals surface area (Å²) < 4.78 is 0. The fourth-order valence-electron chi connectivity index (χ4n) is 2.00. The van der Waals surface area contributed by atoms with Crippen LogP contribution in [0.3, 0.4) is 0 Å². The highest BCUT2D eigenvalue weighted by Gasteiger charge is 2.05. The largest absolute Gasteiger partial charge is 0.299 e. The van der Waals surface area contributed by atoms with E-state index in [1.807, 2.05) is 30.3 Å². The quantitative estimate of drug-likeness (QED) is 0.833. The zero-order valence-corrected chi connectivity index (χ0v) is 11.7. The molecule has 2 nitrogen and oxygen atoms in total. The first-order valence-electron chi connectivity index (χ1n) is 6.42. The maximum atomic E-state index is 11.9. The van der Waals surface area contributed by atoms with Crippen LogP contribution in [-0.2, 0) is 17.6 Å². The molecule has 0 heterocycles. The van der Waals surface area contributed by atoms with Gasteiger partial charge >= 0.3 is 0 Å². The molecule has 20 heavy (non-hydrogen) atoms. The highest BCUT2D eigenvalue weighted by atomic mass is 35.5. The number of Topliss-reactive ketones (excluding diaryl/α,β-unsaturated/α-hetero) is 1. The van der Waals surface area contributed by atoms with Gasteiger partial charge in [0.05, 0.1) is 11.6 Å². The zero-order valence-electron chi connectivity index (χ0n) is 11.0. The molecule has 0 atom stereocenters. The first-order valence-corrected chi connectivity index (χ1v) is 6.80. The number of halogens is 1. The summed E-state index contributed by atoms with van der Waals surface area (Å²) in [6.07, 6.45) is 1.59. The van der Waals surface area contributed by atoms with Gasteiger partial charge in [-0.1, -0.05) is 35.9 Å². The smallest absolute Gasteiger partial charge is 0.137 e. The highest BCUT2D eigenvalue weighted by molar-refractivity contribution is 6.30. The van der Waals surface area contributed by atoms with Crippen LogP contribution in [0.1, 0.15) is 23.1 Å². The molecule has 0 spiro atoms. The van der Waals surface area contributed by atoms with Gasteiger partial charge in [0.1, 0.15) is 5.78 Å². The molecule has 0 radical (unpaired) electrons. The Kier molecular flexibility index (Phi) is 4.92. The average molecular weight is 284 g/mol. The number of aryl methyl sites for hydroxylation is 1. The number of hydrogen-bond donors (Lipinski definition) is 0. The third-order valence-corrected chi connectivity index (χ3v) is 3.32. The van der Waals surface area contributed by atoms with Crippen molar-refractivity contribution >= 4 is 17.4 Å². The van der Waals surface area contributed by atoms with Crippen molar-refractivity contribution in [2.24, 2.45) is 0 Å². The van der Waals surface area contributed by atoms with Gasteiger partial charge in [-0.2, -0.15) is 5.26 Å². The molecule has 0 saturated carbocycles. The van der Waals surface area contributed by atoms with Crippen molar-refractivity contribution in [2.75, 3.05) is 0 Å². The molecule has 100 valence electrons. The Bertz CT molecular complexity index is 641. The number of rotatable bonds is 5. The molecule has 0 unspecified atom stereocenters. The molecule has 0 bridgehead atoms. The van der Waals surface area contributed by atoms with Crippen LogP contribution in [-0.4, -0.2) is 5.78 Å². The van der Waals surface area contributed by atoms with Crippen LogP contribution in [0, 0.1) is 11.3 Å². The molecule has 0 aliphatic heterocycles. The van der Waals surface area contributed by atoms with Crippen LogP contribution < -0.4 is 0 Å². The molecule has 0 aromatic heterocycles. The fourth-order valence-corrected chi connectivity index (χ4v) is 2.13. The average Bonchev–Trinajstić information content (AvgIpc) is 2.47. The maximum absolute atomic E-state index is 11.9. The molecule has 2 aromatic carbocycles. The number of hydrogen-bond acceptors (Lipinski definition) is 2. The topological polar surface area (TPSA) is 40.9 Å². The van der Waals surface area contributed by atoms with E-state index in [0.29, 0.717) is 29.8 Å². The lowest BCUT2D eigenvalue weighted by Crippen LogP contribution is -2.04. The lowest BCUT2D eigenvalue weighted by atomic mass is 10.0. The van der Waals surface area contributed by atoms with Gasteiger partial charge in [0.15, 0.2) is 0 Å². The number of benzene rings is 2. The second kappa shape index (κ2) is 6.88. The third-order valence-electron chi connectivity index (χ3n) is 3.06. The van der Waals surface area contributed by atoms with Crippen molar-refractivity contribution < 1.29 is 4.79 Å². The number of carbonyl (C=O) groups excluding carboxylic acids is 1. The monoisotopic (exact) mass is 283 g/mol. The van der Waals surface area contributed by atoms with E-state index in [0.717, 1.165) is 11.1 Å². The van der Waals surface area contributed by atoms with Gasteiger partial charge in [-0.15, -0.1) is 0 Å². The second-order valence-corrected chi connectivity index (χ2v) is 5.09. The van der Waals surface area contributed by atoms with E-state index < -0.39 is 0 Å². The molecule has 0 aliphatic carbocycles. The Labute approximate surface area is 123 Å². The predicted octanol–water partition coefficient (Wildman–Crippen LogP) is 3.96. The zero-order chi connectivity index (χ0) is 14.4. The lowest BCUT2D eigenvalue weighted by Gasteiger charge is -2.03. The van der Waals surface area contributed by atoms with Crippen LogP contribution in [0.2, 0.25) is 5.02 Å². The molecule has 2 aromatic rings. The minimum Gasteiger partial charge on any atom is -0.299 e. The summed E-state index contributed by atoms with van der Waals surface area (Å²) in [4.78, 5) is 11.9. The van der Waals surface area contributed by atoms with Crippen LogP contribution >= 0.6 is 11.6 Å². The molecule has 2 rings (SSSR count). The van der Waals surface area contributed by atoms with Gasteiger partial charge in [-0.3, -0.25) is 4.79 Å². The van der Waals surface area contributed by atoms with Gasteiger partial charge in [0.25, 0.3) is 0 Å². The second-order valence-electron chi connectivity index (χ2n) is 4.65. The third kappa shape index (κ3) is 4.22. The van der Waals surface area contributed by atoms with Gasteiger partial charge < -0.3 is 0 Å². The van der Waals surface area contributed by atoms with E-state index in [1.54, 1.807) is 18.2 Å². The summed E-state index contributed by atoms with van der Waals surface area (Å²) in [5.74, 6) is 0.176. The van der Waals surface area contributed by atoms with Gasteiger partial charge in [0, 0.05) is 17.9 Å². The predicted molar refractivity (Wildman–Crippen MR) is 79.6 cm³/mol. The van der Waals surface area contributed by atoms with Crippen LogP contribution in [0.15, 0.2) is 48.5 Å². The van der Waals surface area contributed by atoms with Crippen molar-refractivity contribution in [1.29, 1.82) is 5.26 Å². The highest BCUT2D eigenvalue weighted by Crippen LogP contribution is 2.12. The number of ketones is 1. The van der Waals surface area contributed by atoms with Crippen molar-refractivity contribution in [3.05, 3.63) is 70.2 Å². The Balaban J connectivity index is 1.89. The number of nitrogens with zero attached hydrogens (tertiary/aromatic N) is 1. The van der Waals surface area contributed by atoms with E-state index in [4.69, 9.17) is 16.9 Å². The fraction of sp³-hybridized carbons (Fsp3) is 0.176. The molecule has 0 N–H and O–H groups in total. The minimum absolute atomic E-state index is 0.176. The standard InChI is InChI=1S/C17H14ClNO/c18-16-7-4-13(5-8-16)6-9-17(20)11-14-2-1-3-15(10-14)12-19/h1-5,7-8,10H,6,9,11H2. The maximum Gasteiger partial charge on any atom is 0.137 e. The van der Waals surface area contributed by atoms with Gasteiger partial charge in [-0.05, 0) is 41.8 Å². The summed E-state index contributed by atoms with van der Waals surface area (Å²) >= 11 is 5.82. The SMILES string of the molecule is N#Cc1cccc(CC(=O)CCc2ccc(Cl)cc2)c1. The van der Waals surface area contributed by atoms with Crippen LogP contribution in [0.5, 0.6) is 0 Å². The van der Waals surface area contributed by atoms with Crippen molar-refractivity contribution in [2.45, 2.75) is 19.3 Å². The van der Waals surface area contributed by atoms with Crippen molar-refractivity contribution in [1.82, 2.24) is 0 Å². The Morgan fingerprint density at radius 3 is 2.55 bits per heavy atom. The van der Waals surface area contributed by atoms with Crippen LogP contribution in [0.4, 0.5) is 0 Å². The van der Waals surface area contributed by atoms with E-state index in [2.05, 4.69) is 6.07 Å². The summed E-state index contributed by atoms with van der Waals surface area (Å²) in [6, 6.07) is 16.8. The van der Waals surface area contributed by atoms with Gasteiger partial charge in [0.2, 0.25) is 0 Å². The summed E-state index contributed by atoms with van der Waals surface area (Å²) in [7, 11) is 0. The number of carbonyl (C=O) groups is 1. The first kappa shape index (κ1) is 14.3. The molecular weight excluding hydrogens is 270 g/mol. The minimum atomic E-state index is 0.176. The summed E-state index contributed by atoms with van der Waals surface area (Å²) in [6.45, 7) is 0. The molecule has 0 saturated heterocycles. The summed E-state index contributed by atoms with van der Waals surface area (Å²) in [5.41, 5.74) is 2.59. The Morgan fingerprint density at radius 1 is 1.10 bits per heavy atom. The normalized spacial score (nSPS) is 10.0. The number of nitriles is 1. The Hall–Kier alpha value is -2.11. The first-order chi connectivity index (χ1) is 9.67. The van der Waals surface area contributed by atoms with Gasteiger partial charge in [-0.25, -0.2) is 0 Å². The molecule has 0 aliphatic rings.